The number of amides is 1. The third-order valence-electron chi connectivity index (χ3n) is 5.46. The number of fused-ring (bicyclic) bond motifs is 1. The van der Waals surface area contributed by atoms with E-state index in [1.807, 2.05) is 12.1 Å². The molecular weight excluding hydrogens is 370 g/mol. The van der Waals surface area contributed by atoms with E-state index < -0.39 is 5.91 Å². The number of aromatic amines is 1. The van der Waals surface area contributed by atoms with Gasteiger partial charge in [0.05, 0.1) is 0 Å². The molecule has 30 heavy (non-hydrogen) atoms. The van der Waals surface area contributed by atoms with Gasteiger partial charge < -0.3 is 16.0 Å². The molecular formula is C26H27N3O. The van der Waals surface area contributed by atoms with E-state index in [0.717, 1.165) is 43.4 Å². The van der Waals surface area contributed by atoms with Gasteiger partial charge in [0.25, 0.3) is 0 Å². The lowest BCUT2D eigenvalue weighted by Crippen LogP contribution is -2.15. The van der Waals surface area contributed by atoms with Gasteiger partial charge in [-0.25, -0.2) is 0 Å². The second-order valence-electron chi connectivity index (χ2n) is 7.70. The summed E-state index contributed by atoms with van der Waals surface area (Å²) in [6.45, 7) is 1.86. The van der Waals surface area contributed by atoms with Crippen LogP contribution in [0.2, 0.25) is 0 Å². The van der Waals surface area contributed by atoms with E-state index in [1.54, 1.807) is 12.1 Å². The number of rotatable bonds is 9. The predicted octanol–water partition coefficient (Wildman–Crippen LogP) is 4.58. The van der Waals surface area contributed by atoms with Crippen LogP contribution in [0.25, 0.3) is 10.9 Å². The third-order valence-corrected chi connectivity index (χ3v) is 5.46. The molecule has 0 bridgehead atoms. The van der Waals surface area contributed by atoms with Crippen LogP contribution in [0.3, 0.4) is 0 Å². The van der Waals surface area contributed by atoms with E-state index in [9.17, 15) is 4.79 Å². The Balaban J connectivity index is 1.35. The standard InChI is InChI=1S/C26H27N3O/c27-26(30)22-11-8-20(9-12-22)15-23-18-29-25-13-10-21(16-24(23)25)17-28-14-4-7-19-5-2-1-3-6-19/h1-3,5-6,8-13,16,18,28-29H,4,7,14-15,17H2,(H2,27,30). The van der Waals surface area contributed by atoms with Crippen LogP contribution >= 0.6 is 0 Å². The van der Waals surface area contributed by atoms with Gasteiger partial charge in [-0.2, -0.15) is 0 Å². The van der Waals surface area contributed by atoms with Gasteiger partial charge in [-0.15, -0.1) is 0 Å². The Labute approximate surface area is 177 Å². The molecule has 0 atom stereocenters. The molecule has 152 valence electrons. The van der Waals surface area contributed by atoms with Crippen molar-refractivity contribution in [3.8, 4) is 0 Å². The largest absolute Gasteiger partial charge is 0.366 e. The van der Waals surface area contributed by atoms with Gasteiger partial charge in [-0.1, -0.05) is 48.5 Å². The number of H-pyrrole nitrogens is 1. The van der Waals surface area contributed by atoms with Crippen LogP contribution in [0.1, 0.15) is 39.0 Å². The Morgan fingerprint density at radius 1 is 0.900 bits per heavy atom. The molecule has 4 nitrogen and oxygen atoms in total. The van der Waals surface area contributed by atoms with Crippen molar-refractivity contribution in [1.29, 1.82) is 0 Å². The maximum absolute atomic E-state index is 11.3. The zero-order valence-electron chi connectivity index (χ0n) is 17.0. The summed E-state index contributed by atoms with van der Waals surface area (Å²) >= 11 is 0. The van der Waals surface area contributed by atoms with Crippen molar-refractivity contribution in [2.45, 2.75) is 25.8 Å². The summed E-state index contributed by atoms with van der Waals surface area (Å²) in [7, 11) is 0. The minimum absolute atomic E-state index is 0.394. The maximum Gasteiger partial charge on any atom is 0.248 e. The SMILES string of the molecule is NC(=O)c1ccc(Cc2c[nH]c3ccc(CNCCCc4ccccc4)cc23)cc1. The first-order chi connectivity index (χ1) is 14.7. The minimum Gasteiger partial charge on any atom is -0.366 e. The fraction of sp³-hybridized carbons (Fsp3) is 0.192. The quantitative estimate of drug-likeness (QED) is 0.362. The predicted molar refractivity (Wildman–Crippen MR) is 123 cm³/mol. The number of aromatic nitrogens is 1. The molecule has 1 amide bonds. The van der Waals surface area contributed by atoms with Crippen molar-refractivity contribution < 1.29 is 4.79 Å². The summed E-state index contributed by atoms with van der Waals surface area (Å²) in [5.74, 6) is -0.394. The average molecular weight is 398 g/mol. The van der Waals surface area contributed by atoms with E-state index in [1.165, 1.54) is 22.1 Å². The molecule has 4 aromatic rings. The van der Waals surface area contributed by atoms with E-state index in [2.05, 4.69) is 65.0 Å². The first-order valence-corrected chi connectivity index (χ1v) is 10.4. The molecule has 4 heteroatoms. The van der Waals surface area contributed by atoms with E-state index in [0.29, 0.717) is 5.56 Å². The fourth-order valence-electron chi connectivity index (χ4n) is 3.78. The topological polar surface area (TPSA) is 70.9 Å². The molecule has 0 aliphatic heterocycles. The summed E-state index contributed by atoms with van der Waals surface area (Å²) in [6.07, 6.45) is 5.11. The number of aryl methyl sites for hydroxylation is 1. The number of primary amides is 1. The Kier molecular flexibility index (Phi) is 6.26. The maximum atomic E-state index is 11.3. The smallest absolute Gasteiger partial charge is 0.248 e. The molecule has 1 aromatic heterocycles. The van der Waals surface area contributed by atoms with Crippen LogP contribution in [-0.4, -0.2) is 17.4 Å². The zero-order chi connectivity index (χ0) is 20.8. The Morgan fingerprint density at radius 3 is 2.43 bits per heavy atom. The molecule has 0 aliphatic rings. The number of carbonyl (C=O) groups is 1. The molecule has 0 saturated carbocycles. The molecule has 3 aromatic carbocycles. The number of nitrogens with two attached hydrogens (primary N) is 1. The van der Waals surface area contributed by atoms with Crippen molar-refractivity contribution in [2.75, 3.05) is 6.54 Å². The number of benzene rings is 3. The fourth-order valence-corrected chi connectivity index (χ4v) is 3.78. The van der Waals surface area contributed by atoms with Crippen LogP contribution in [0, 0.1) is 0 Å². The van der Waals surface area contributed by atoms with Gasteiger partial charge in [0.2, 0.25) is 5.91 Å². The second-order valence-corrected chi connectivity index (χ2v) is 7.70. The summed E-state index contributed by atoms with van der Waals surface area (Å²) in [6, 6.07) is 24.7. The van der Waals surface area contributed by atoms with E-state index >= 15 is 0 Å². The molecule has 4 N–H and O–H groups in total. The molecule has 0 fully saturated rings. The number of carbonyl (C=O) groups excluding carboxylic acids is 1. The number of hydrogen-bond donors (Lipinski definition) is 3. The van der Waals surface area contributed by atoms with Crippen LogP contribution in [0.5, 0.6) is 0 Å². The Hall–Kier alpha value is -3.37. The van der Waals surface area contributed by atoms with Crippen LogP contribution in [0.4, 0.5) is 0 Å². The molecule has 1 heterocycles. The lowest BCUT2D eigenvalue weighted by Gasteiger charge is -2.07. The molecule has 4 rings (SSSR count). The Bertz CT molecular complexity index is 1110. The molecule has 0 aliphatic carbocycles. The minimum atomic E-state index is -0.394. The highest BCUT2D eigenvalue weighted by molar-refractivity contribution is 5.92. The van der Waals surface area contributed by atoms with Crippen LogP contribution in [-0.2, 0) is 19.4 Å². The van der Waals surface area contributed by atoms with Crippen molar-refractivity contribution in [2.24, 2.45) is 5.73 Å². The lowest BCUT2D eigenvalue weighted by molar-refractivity contribution is 0.100. The lowest BCUT2D eigenvalue weighted by atomic mass is 10.0. The highest BCUT2D eigenvalue weighted by Crippen LogP contribution is 2.23. The van der Waals surface area contributed by atoms with Crippen molar-refractivity contribution in [3.63, 3.8) is 0 Å². The second kappa shape index (κ2) is 9.42. The van der Waals surface area contributed by atoms with Gasteiger partial charge in [0.1, 0.15) is 0 Å². The summed E-state index contributed by atoms with van der Waals surface area (Å²) in [5.41, 5.74) is 12.1. The normalized spacial score (nSPS) is 11.1. The van der Waals surface area contributed by atoms with Gasteiger partial charge >= 0.3 is 0 Å². The van der Waals surface area contributed by atoms with Crippen LogP contribution in [0.15, 0.2) is 79.0 Å². The third kappa shape index (κ3) is 4.97. The number of nitrogens with one attached hydrogen (secondary N) is 2. The Morgan fingerprint density at radius 2 is 1.67 bits per heavy atom. The zero-order valence-corrected chi connectivity index (χ0v) is 17.0. The molecule has 0 saturated heterocycles. The molecule has 0 spiro atoms. The monoisotopic (exact) mass is 397 g/mol. The van der Waals surface area contributed by atoms with Crippen LogP contribution < -0.4 is 11.1 Å². The first kappa shape index (κ1) is 19.9. The average Bonchev–Trinajstić information content (AvgIpc) is 3.16. The first-order valence-electron chi connectivity index (χ1n) is 10.4. The van der Waals surface area contributed by atoms with Gasteiger partial charge in [0.15, 0.2) is 0 Å². The van der Waals surface area contributed by atoms with Crippen molar-refractivity contribution >= 4 is 16.8 Å². The van der Waals surface area contributed by atoms with E-state index in [4.69, 9.17) is 5.73 Å². The summed E-state index contributed by atoms with van der Waals surface area (Å²) in [5, 5.41) is 4.81. The summed E-state index contributed by atoms with van der Waals surface area (Å²) in [4.78, 5) is 14.6. The van der Waals surface area contributed by atoms with Crippen molar-refractivity contribution in [3.05, 3.63) is 107 Å². The summed E-state index contributed by atoms with van der Waals surface area (Å²) < 4.78 is 0. The van der Waals surface area contributed by atoms with E-state index in [-0.39, 0.29) is 0 Å². The van der Waals surface area contributed by atoms with Gasteiger partial charge in [0, 0.05) is 29.2 Å². The highest BCUT2D eigenvalue weighted by Gasteiger charge is 2.07. The van der Waals surface area contributed by atoms with Gasteiger partial charge in [-0.05, 0) is 72.3 Å². The molecule has 0 unspecified atom stereocenters. The van der Waals surface area contributed by atoms with Gasteiger partial charge in [-0.3, -0.25) is 4.79 Å². The van der Waals surface area contributed by atoms with Crippen molar-refractivity contribution in [1.82, 2.24) is 10.3 Å². The number of hydrogen-bond acceptors (Lipinski definition) is 2. The molecule has 0 radical (unpaired) electrons. The highest BCUT2D eigenvalue weighted by atomic mass is 16.1.